The number of amides is 1. The van der Waals surface area contributed by atoms with Crippen LogP contribution in [-0.4, -0.2) is 162 Å². The Bertz CT molecular complexity index is 2510. The molecule has 0 radical (unpaired) electrons. The Kier molecular flexibility index (Phi) is 27.5. The van der Waals surface area contributed by atoms with Gasteiger partial charge in [0.05, 0.1) is 11.5 Å². The molecule has 3 saturated carbocycles. The molecule has 90 heavy (non-hydrogen) atoms. The molecule has 1 amide bonds. The van der Waals surface area contributed by atoms with Gasteiger partial charge in [0.15, 0.2) is 0 Å². The zero-order valence-corrected chi connectivity index (χ0v) is 57.6. The summed E-state index contributed by atoms with van der Waals surface area (Å²) in [6.45, 7) is 28.2. The van der Waals surface area contributed by atoms with Gasteiger partial charge in [-0.05, 0) is 165 Å². The average molecular weight is 1260 g/mol. The lowest BCUT2D eigenvalue weighted by Crippen LogP contribution is -2.76. The van der Waals surface area contributed by atoms with E-state index in [1.807, 2.05) is 18.5 Å². The van der Waals surface area contributed by atoms with Gasteiger partial charge in [-0.1, -0.05) is 98.0 Å². The molecule has 0 aromatic heterocycles. The molecule has 1 spiro atoms. The predicted octanol–water partition coefficient (Wildman–Crippen LogP) is 12.9. The smallest absolute Gasteiger partial charge is 0.390 e. The highest BCUT2D eigenvalue weighted by Gasteiger charge is 2.56. The number of aliphatic imine (C=N–C) groups is 1. The Morgan fingerprint density at radius 3 is 2.21 bits per heavy atom. The molecule has 3 saturated heterocycles. The Balaban J connectivity index is 1.09. The summed E-state index contributed by atoms with van der Waals surface area (Å²) in [5, 5.41) is 24.3. The number of benzene rings is 1. The summed E-state index contributed by atoms with van der Waals surface area (Å²) >= 11 is 0. The number of nitrogens with zero attached hydrogens (tertiary/aromatic N) is 6. The number of aryl methyl sites for hydroxylation is 1. The highest BCUT2D eigenvalue weighted by atomic mass is 19.4. The van der Waals surface area contributed by atoms with Gasteiger partial charge >= 0.3 is 6.18 Å². The van der Waals surface area contributed by atoms with E-state index in [1.54, 1.807) is 6.20 Å². The lowest BCUT2D eigenvalue weighted by molar-refractivity contribution is -0.160. The van der Waals surface area contributed by atoms with Gasteiger partial charge in [0.2, 0.25) is 5.91 Å². The van der Waals surface area contributed by atoms with Crippen molar-refractivity contribution >= 4 is 11.6 Å². The summed E-state index contributed by atoms with van der Waals surface area (Å²) in [5.41, 5.74) is 2.55. The second-order valence-corrected chi connectivity index (χ2v) is 29.5. The highest BCUT2D eigenvalue weighted by Crippen LogP contribution is 2.44. The van der Waals surface area contributed by atoms with Crippen LogP contribution in [0.25, 0.3) is 0 Å². The molecule has 11 atom stereocenters. The van der Waals surface area contributed by atoms with E-state index in [9.17, 15) is 22.4 Å². The average Bonchev–Trinajstić information content (AvgIpc) is 0.965. The SMILES string of the molecule is CC[C@H](C)[C@H]1CN[C@@H](CC(C)C)C(C)NCC2[C@@H](C(=O)N3CCCC3)C(C)N2[C@@H](C2CCCC2)C(C)NC2(CCCC2)CNCCNC=CC(CCc2ccc(C(F)(F)F)c(F)c2)=NC=CN(C)C=C(CC2CCCCC2)N(C)C=C2CCCN2[C@@H](C)C(C)N1. The number of carbonyl (C=O) groups is 1. The first-order chi connectivity index (χ1) is 43.1. The lowest BCUT2D eigenvalue weighted by atomic mass is 9.74. The van der Waals surface area contributed by atoms with E-state index in [4.69, 9.17) is 4.99 Å². The Hall–Kier alpha value is -4.00. The summed E-state index contributed by atoms with van der Waals surface area (Å²) in [6, 6.07) is 5.29. The minimum Gasteiger partial charge on any atom is -0.390 e. The van der Waals surface area contributed by atoms with Crippen LogP contribution < -0.4 is 31.9 Å². The molecule has 4 heterocycles. The van der Waals surface area contributed by atoms with E-state index >= 15 is 0 Å². The van der Waals surface area contributed by atoms with Crippen molar-refractivity contribution in [2.75, 3.05) is 66.5 Å². The van der Waals surface area contributed by atoms with E-state index in [1.165, 1.54) is 88.1 Å². The number of halogens is 4. The fraction of sp³-hybridized carbons (Fsp3) is 0.781. The second-order valence-electron chi connectivity index (χ2n) is 29.5. The van der Waals surface area contributed by atoms with Crippen LogP contribution in [0.5, 0.6) is 0 Å². The molecule has 13 nitrogen and oxygen atoms in total. The lowest BCUT2D eigenvalue weighted by Gasteiger charge is -2.60. The summed E-state index contributed by atoms with van der Waals surface area (Å²) in [6.07, 6.45) is 31.7. The summed E-state index contributed by atoms with van der Waals surface area (Å²) < 4.78 is 55.4. The van der Waals surface area contributed by atoms with Gasteiger partial charge in [0, 0.05) is 168 Å². The number of nitrogens with one attached hydrogen (secondary N) is 6. The van der Waals surface area contributed by atoms with Gasteiger partial charge in [-0.3, -0.25) is 14.7 Å². The van der Waals surface area contributed by atoms with Crippen LogP contribution in [0.4, 0.5) is 17.6 Å². The van der Waals surface area contributed by atoms with Crippen LogP contribution in [0.15, 0.2) is 71.7 Å². The highest BCUT2D eigenvalue weighted by molar-refractivity contribution is 5.95. The number of hydrogen-bond donors (Lipinski definition) is 6. The van der Waals surface area contributed by atoms with Gasteiger partial charge < -0.3 is 51.5 Å². The van der Waals surface area contributed by atoms with Crippen molar-refractivity contribution in [1.29, 1.82) is 0 Å². The third-order valence-electron chi connectivity index (χ3n) is 22.4. The molecule has 4 aliphatic heterocycles. The van der Waals surface area contributed by atoms with Crippen molar-refractivity contribution in [1.82, 2.24) is 56.4 Å². The van der Waals surface area contributed by atoms with Gasteiger partial charge in [0.1, 0.15) is 5.82 Å². The third-order valence-corrected chi connectivity index (χ3v) is 22.4. The van der Waals surface area contributed by atoms with Crippen molar-refractivity contribution in [3.63, 3.8) is 0 Å². The van der Waals surface area contributed by atoms with E-state index in [-0.39, 0.29) is 59.8 Å². The molecular weight excluding hydrogens is 1140 g/mol. The van der Waals surface area contributed by atoms with Crippen molar-refractivity contribution in [2.24, 2.45) is 34.6 Å². The van der Waals surface area contributed by atoms with Crippen LogP contribution in [0.1, 0.15) is 208 Å². The molecule has 508 valence electrons. The third kappa shape index (κ3) is 19.8. The fourth-order valence-electron chi connectivity index (χ4n) is 16.7. The predicted molar refractivity (Wildman–Crippen MR) is 363 cm³/mol. The van der Waals surface area contributed by atoms with Gasteiger partial charge in [-0.25, -0.2) is 4.39 Å². The number of allylic oxidation sites excluding steroid dienone is 3. The molecule has 5 unspecified atom stereocenters. The van der Waals surface area contributed by atoms with Gasteiger partial charge in [-0.2, -0.15) is 13.2 Å². The summed E-state index contributed by atoms with van der Waals surface area (Å²) in [5.74, 6) is 1.25. The summed E-state index contributed by atoms with van der Waals surface area (Å²) in [7, 11) is 4.27. The van der Waals surface area contributed by atoms with Gasteiger partial charge in [-0.15, -0.1) is 0 Å². The van der Waals surface area contributed by atoms with E-state index in [2.05, 4.69) is 145 Å². The molecule has 6 fully saturated rings. The van der Waals surface area contributed by atoms with Crippen LogP contribution in [0, 0.1) is 35.4 Å². The largest absolute Gasteiger partial charge is 0.419 e. The number of hydrogen-bond acceptors (Lipinski definition) is 12. The molecule has 8 rings (SSSR count). The Morgan fingerprint density at radius 2 is 1.52 bits per heavy atom. The van der Waals surface area contributed by atoms with E-state index < -0.39 is 17.6 Å². The molecule has 1 aromatic rings. The van der Waals surface area contributed by atoms with Gasteiger partial charge in [0.25, 0.3) is 0 Å². The molecule has 0 bridgehead atoms. The number of alkyl halides is 3. The Morgan fingerprint density at radius 1 is 0.800 bits per heavy atom. The quantitative estimate of drug-likeness (QED) is 0.119. The van der Waals surface area contributed by atoms with Crippen molar-refractivity contribution in [3.05, 3.63) is 83.6 Å². The maximum atomic E-state index is 14.8. The zero-order valence-electron chi connectivity index (χ0n) is 57.6. The number of carbonyl (C=O) groups excluding carboxylic acids is 1. The van der Waals surface area contributed by atoms with Crippen LogP contribution in [0.2, 0.25) is 0 Å². The zero-order chi connectivity index (χ0) is 64.5. The van der Waals surface area contributed by atoms with Crippen molar-refractivity contribution < 1.29 is 22.4 Å². The molecule has 6 N–H and O–H groups in total. The first-order valence-electron chi connectivity index (χ1n) is 36.0. The van der Waals surface area contributed by atoms with Crippen LogP contribution >= 0.6 is 0 Å². The molecule has 17 heteroatoms. The Labute approximate surface area is 542 Å². The first-order valence-corrected chi connectivity index (χ1v) is 36.0. The number of rotatable bonds is 11. The maximum absolute atomic E-state index is 14.8. The normalized spacial score (nSPS) is 30.8. The van der Waals surface area contributed by atoms with Crippen molar-refractivity contribution in [3.8, 4) is 0 Å². The molecule has 7 aliphatic rings. The fourth-order valence-corrected chi connectivity index (χ4v) is 16.7. The minimum absolute atomic E-state index is 0.0335. The second kappa shape index (κ2) is 34.4. The van der Waals surface area contributed by atoms with E-state index in [0.717, 1.165) is 121 Å². The number of fused-ring (bicyclic) bond motifs is 2. The summed E-state index contributed by atoms with van der Waals surface area (Å²) in [4.78, 5) is 31.9. The van der Waals surface area contributed by atoms with Crippen LogP contribution in [0.3, 0.4) is 0 Å². The first kappa shape index (κ1) is 71.8. The van der Waals surface area contributed by atoms with E-state index in [0.29, 0.717) is 60.6 Å². The maximum Gasteiger partial charge on any atom is 0.419 e. The molecule has 3 aliphatic carbocycles. The topological polar surface area (TPSA) is 118 Å². The standard InChI is InChI=1S/C73H122F4N12O/c1-12-52(4)67-46-82-66(43-51(2)3)54(6)81-47-68-69(71(90)87-39-20-21-40-87)57(9)89(68)70(60-25-16-17-26-60)55(7)84-72(33-18-19-34-72)50-79-37-36-78-35-32-61(30-28-59-29-31-64(65(74)45-59)73(75,76)77)80-38-42-85(10)48-63(44-58-23-14-13-15-24-58)86(11)49-62-27-22-41-88(62)56(8)53(5)83-67/h29,31-32,35,38,42,45,48-49,51-58,60,66-70,78-79,81-84H,12-28,30,33-34,36-37,39-41,43-44,46-47,50H2,1-11H3/t52-,53?,54?,55?,56-,57?,66-,67+,68?,69-,70+/m0/s1. The monoisotopic (exact) mass is 1260 g/mol. The number of likely N-dealkylation sites (tertiary alicyclic amines) is 1. The molecular formula is C73H122F4N12O. The minimum atomic E-state index is -4.76. The molecule has 1 aromatic carbocycles. The van der Waals surface area contributed by atoms with Crippen LogP contribution in [-0.2, 0) is 17.4 Å². The van der Waals surface area contributed by atoms with Crippen molar-refractivity contribution in [2.45, 2.75) is 270 Å².